The van der Waals surface area contributed by atoms with Crippen LogP contribution in [0.1, 0.15) is 108 Å². The standard InChI is InChI=1S/C36H49FN2O6/c1-35(11-6-12-35)20-38-33(41)30-23-16-22(15-21-7-4-5-8-21)25(17-23)31(30)39-32(40)26-18-29(27(37)19-28(26)44-3)45-24-9-13-36(2,14-10-24)34(42)43/h15,18-19,21,23-25,30-31H,4-14,16-17,20H2,1-3H3,(H,38,41)(H,39,40)(H,42,43)/b22-15-/t23-,24?,25-,30+,31-,36?/m1/s1. The number of hydrogen-bond donors (Lipinski definition) is 3. The molecule has 1 aromatic carbocycles. The number of carbonyl (C=O) groups excluding carboxylic acids is 2. The molecule has 5 saturated carbocycles. The van der Waals surface area contributed by atoms with E-state index in [9.17, 15) is 19.5 Å². The van der Waals surface area contributed by atoms with Gasteiger partial charge >= 0.3 is 5.97 Å². The van der Waals surface area contributed by atoms with Crippen LogP contribution in [0.3, 0.4) is 0 Å². The van der Waals surface area contributed by atoms with E-state index in [1.54, 1.807) is 6.92 Å². The number of benzene rings is 1. The Balaban J connectivity index is 1.21. The Labute approximate surface area is 265 Å². The number of carboxylic acid groups (broad SMARTS) is 1. The Morgan fingerprint density at radius 1 is 1.02 bits per heavy atom. The Bertz CT molecular complexity index is 1340. The first-order valence-electron chi connectivity index (χ1n) is 17.1. The Morgan fingerprint density at radius 2 is 1.73 bits per heavy atom. The lowest BCUT2D eigenvalue weighted by molar-refractivity contribution is -0.150. The maximum absolute atomic E-state index is 15.2. The normalized spacial score (nSPS) is 33.1. The fourth-order valence-electron chi connectivity index (χ4n) is 8.71. The summed E-state index contributed by atoms with van der Waals surface area (Å²) in [4.78, 5) is 39.4. The van der Waals surface area contributed by atoms with Gasteiger partial charge in [-0.05, 0) is 94.4 Å². The zero-order valence-corrected chi connectivity index (χ0v) is 27.0. The number of nitrogens with one attached hydrogen (secondary N) is 2. The molecule has 0 unspecified atom stereocenters. The molecule has 0 aromatic heterocycles. The number of allylic oxidation sites excluding steroid dienone is 1. The molecule has 5 aliphatic carbocycles. The smallest absolute Gasteiger partial charge is 0.309 e. The summed E-state index contributed by atoms with van der Waals surface area (Å²) in [6, 6.07) is 2.21. The first-order chi connectivity index (χ1) is 21.5. The van der Waals surface area contributed by atoms with Crippen LogP contribution < -0.4 is 20.1 Å². The van der Waals surface area contributed by atoms with Gasteiger partial charge in [0.2, 0.25) is 5.91 Å². The fourth-order valence-corrected chi connectivity index (χ4v) is 8.71. The molecule has 4 atom stereocenters. The number of aliphatic carboxylic acids is 1. The van der Waals surface area contributed by atoms with E-state index in [0.29, 0.717) is 38.1 Å². The SMILES string of the molecule is COc1cc(F)c(OC2CCC(C)(C(=O)O)CC2)cc1C(=O)N[C@H]1[C@@H](C(=O)NCC2(C)CCC2)[C@@H]2C/C(=C/C3CCCC3)[C@H]1C2. The number of hydrogen-bond acceptors (Lipinski definition) is 5. The molecule has 3 N–H and O–H groups in total. The molecule has 8 nitrogen and oxygen atoms in total. The minimum absolute atomic E-state index is 0.0154. The lowest BCUT2D eigenvalue weighted by Gasteiger charge is -2.39. The van der Waals surface area contributed by atoms with Gasteiger partial charge in [-0.3, -0.25) is 14.4 Å². The minimum Gasteiger partial charge on any atom is -0.496 e. The second-order valence-electron chi connectivity index (χ2n) is 15.2. The first kappa shape index (κ1) is 31.9. The van der Waals surface area contributed by atoms with Gasteiger partial charge in [0.05, 0.1) is 30.1 Å². The van der Waals surface area contributed by atoms with Gasteiger partial charge in [-0.1, -0.05) is 37.8 Å². The van der Waals surface area contributed by atoms with Crippen molar-refractivity contribution in [1.82, 2.24) is 10.6 Å². The minimum atomic E-state index is -0.832. The number of rotatable bonds is 10. The number of carbonyl (C=O) groups is 3. The van der Waals surface area contributed by atoms with Crippen molar-refractivity contribution >= 4 is 17.8 Å². The molecular formula is C36H49FN2O6. The van der Waals surface area contributed by atoms with Gasteiger partial charge in [-0.25, -0.2) is 4.39 Å². The zero-order chi connectivity index (χ0) is 31.9. The predicted molar refractivity (Wildman–Crippen MR) is 168 cm³/mol. The third-order valence-electron chi connectivity index (χ3n) is 11.9. The van der Waals surface area contributed by atoms with Crippen molar-refractivity contribution in [2.75, 3.05) is 13.7 Å². The van der Waals surface area contributed by atoms with E-state index in [1.807, 2.05) is 0 Å². The first-order valence-corrected chi connectivity index (χ1v) is 17.1. The number of amides is 2. The summed E-state index contributed by atoms with van der Waals surface area (Å²) in [5, 5.41) is 16.0. The van der Waals surface area contributed by atoms with Crippen LogP contribution in [0.5, 0.6) is 11.5 Å². The average Bonchev–Trinajstić information content (AvgIpc) is 3.74. The maximum atomic E-state index is 15.2. The molecule has 6 rings (SSSR count). The van der Waals surface area contributed by atoms with Crippen LogP contribution in [0.25, 0.3) is 0 Å². The lowest BCUT2D eigenvalue weighted by atomic mass is 9.70. The highest BCUT2D eigenvalue weighted by molar-refractivity contribution is 5.98. The number of ether oxygens (including phenoxy) is 2. The highest BCUT2D eigenvalue weighted by atomic mass is 19.1. The van der Waals surface area contributed by atoms with E-state index < -0.39 is 23.1 Å². The van der Waals surface area contributed by atoms with Crippen LogP contribution in [0, 0.1) is 40.3 Å². The van der Waals surface area contributed by atoms with E-state index in [0.717, 1.165) is 25.7 Å². The van der Waals surface area contributed by atoms with Crippen molar-refractivity contribution in [3.8, 4) is 11.5 Å². The van der Waals surface area contributed by atoms with E-state index >= 15 is 4.39 Å². The van der Waals surface area contributed by atoms with Gasteiger partial charge in [-0.15, -0.1) is 0 Å². The molecule has 9 heteroatoms. The topological polar surface area (TPSA) is 114 Å². The molecule has 0 heterocycles. The van der Waals surface area contributed by atoms with Crippen LogP contribution in [0.15, 0.2) is 23.8 Å². The number of halogens is 1. The van der Waals surface area contributed by atoms with Crippen molar-refractivity contribution in [2.24, 2.45) is 34.5 Å². The van der Waals surface area contributed by atoms with Gasteiger partial charge in [-0.2, -0.15) is 0 Å². The molecule has 0 aliphatic heterocycles. The van der Waals surface area contributed by atoms with E-state index in [-0.39, 0.29) is 58.3 Å². The molecule has 0 spiro atoms. The summed E-state index contributed by atoms with van der Waals surface area (Å²) in [5.74, 6) is -1.29. The van der Waals surface area contributed by atoms with Gasteiger partial charge in [0.15, 0.2) is 11.6 Å². The van der Waals surface area contributed by atoms with Gasteiger partial charge in [0, 0.05) is 24.6 Å². The predicted octanol–water partition coefficient (Wildman–Crippen LogP) is 6.42. The van der Waals surface area contributed by atoms with Crippen molar-refractivity contribution in [1.29, 1.82) is 0 Å². The summed E-state index contributed by atoms with van der Waals surface area (Å²) in [6.07, 6.45) is 14.0. The van der Waals surface area contributed by atoms with E-state index in [4.69, 9.17) is 9.47 Å². The molecule has 2 bridgehead atoms. The second-order valence-corrected chi connectivity index (χ2v) is 15.2. The molecule has 5 aliphatic rings. The van der Waals surface area contributed by atoms with Gasteiger partial charge in [0.1, 0.15) is 5.75 Å². The quantitative estimate of drug-likeness (QED) is 0.259. The highest BCUT2D eigenvalue weighted by Gasteiger charge is 2.54. The lowest BCUT2D eigenvalue weighted by Crippen LogP contribution is -2.52. The van der Waals surface area contributed by atoms with Gasteiger partial charge < -0.3 is 25.2 Å². The molecule has 1 aromatic rings. The van der Waals surface area contributed by atoms with E-state index in [1.165, 1.54) is 56.9 Å². The van der Waals surface area contributed by atoms with Crippen molar-refractivity contribution in [2.45, 2.75) is 109 Å². The Morgan fingerprint density at radius 3 is 2.36 bits per heavy atom. The van der Waals surface area contributed by atoms with Crippen LogP contribution in [-0.2, 0) is 9.59 Å². The Kier molecular flexibility index (Phi) is 8.92. The Hall–Kier alpha value is -3.10. The zero-order valence-electron chi connectivity index (χ0n) is 27.0. The molecule has 2 amide bonds. The summed E-state index contributed by atoms with van der Waals surface area (Å²) in [7, 11) is 1.40. The molecule has 0 radical (unpaired) electrons. The molecule has 0 saturated heterocycles. The van der Waals surface area contributed by atoms with Crippen LogP contribution >= 0.6 is 0 Å². The fraction of sp³-hybridized carbons (Fsp3) is 0.694. The summed E-state index contributed by atoms with van der Waals surface area (Å²) in [6.45, 7) is 4.61. The molecular weight excluding hydrogens is 575 g/mol. The summed E-state index contributed by atoms with van der Waals surface area (Å²) in [5.41, 5.74) is 0.869. The summed E-state index contributed by atoms with van der Waals surface area (Å²) >= 11 is 0. The molecule has 45 heavy (non-hydrogen) atoms. The highest BCUT2D eigenvalue weighted by Crippen LogP contribution is 2.53. The van der Waals surface area contributed by atoms with Crippen molar-refractivity contribution < 1.29 is 33.4 Å². The van der Waals surface area contributed by atoms with E-state index in [2.05, 4.69) is 23.6 Å². The summed E-state index contributed by atoms with van der Waals surface area (Å²) < 4.78 is 26.6. The van der Waals surface area contributed by atoms with Crippen LogP contribution in [0.2, 0.25) is 0 Å². The van der Waals surface area contributed by atoms with Crippen LogP contribution in [-0.4, -0.2) is 48.7 Å². The third-order valence-corrected chi connectivity index (χ3v) is 11.9. The van der Waals surface area contributed by atoms with Gasteiger partial charge in [0.25, 0.3) is 5.91 Å². The molecule has 246 valence electrons. The van der Waals surface area contributed by atoms with Crippen LogP contribution in [0.4, 0.5) is 4.39 Å². The van der Waals surface area contributed by atoms with Crippen molar-refractivity contribution in [3.63, 3.8) is 0 Å². The van der Waals surface area contributed by atoms with Crippen molar-refractivity contribution in [3.05, 3.63) is 35.2 Å². The second kappa shape index (κ2) is 12.6. The number of carboxylic acids is 1. The average molecular weight is 625 g/mol. The largest absolute Gasteiger partial charge is 0.496 e. The monoisotopic (exact) mass is 624 g/mol. The number of fused-ring (bicyclic) bond motifs is 2. The molecule has 5 fully saturated rings. The number of methoxy groups -OCH3 is 1. The maximum Gasteiger partial charge on any atom is 0.309 e. The third kappa shape index (κ3) is 6.46.